The van der Waals surface area contributed by atoms with Crippen molar-refractivity contribution in [1.82, 2.24) is 0 Å². The molecule has 0 aromatic rings. The third-order valence-corrected chi connectivity index (χ3v) is 5.83. The summed E-state index contributed by atoms with van der Waals surface area (Å²) in [4.78, 5) is 12.0. The van der Waals surface area contributed by atoms with Crippen molar-refractivity contribution >= 4 is 5.97 Å². The molecule has 0 heterocycles. The Balaban J connectivity index is 2.15. The number of hydrogen-bond acceptors (Lipinski definition) is 1. The molecule has 2 saturated carbocycles. The lowest BCUT2D eigenvalue weighted by Gasteiger charge is -2.56. The van der Waals surface area contributed by atoms with Crippen LogP contribution < -0.4 is 0 Å². The normalized spacial score (nSPS) is 50.6. The van der Waals surface area contributed by atoms with Gasteiger partial charge in [-0.2, -0.15) is 0 Å². The van der Waals surface area contributed by atoms with Crippen molar-refractivity contribution in [3.05, 3.63) is 11.6 Å². The van der Waals surface area contributed by atoms with E-state index in [9.17, 15) is 9.90 Å². The molecule has 100 valence electrons. The van der Waals surface area contributed by atoms with Gasteiger partial charge in [0.05, 0.1) is 5.41 Å². The van der Waals surface area contributed by atoms with Crippen LogP contribution in [0.15, 0.2) is 11.6 Å². The zero-order valence-corrected chi connectivity index (χ0v) is 11.6. The number of hydrogen-bond donors (Lipinski definition) is 1. The van der Waals surface area contributed by atoms with E-state index < -0.39 is 11.4 Å². The summed E-state index contributed by atoms with van der Waals surface area (Å²) in [6.07, 6.45) is 6.76. The SMILES string of the molecule is CC1C=C2C3CC(C)CC2(C(=O)O)C(C)CC3C1. The van der Waals surface area contributed by atoms with E-state index in [1.165, 1.54) is 18.4 Å². The molecule has 0 aliphatic heterocycles. The molecule has 2 nitrogen and oxygen atoms in total. The average molecular weight is 248 g/mol. The molecule has 2 fully saturated rings. The van der Waals surface area contributed by atoms with Crippen LogP contribution in [0.25, 0.3) is 0 Å². The quantitative estimate of drug-likeness (QED) is 0.718. The standard InChI is InChI=1S/C16H24O2/c1-9-4-12-7-11(3)16(15(17)18)8-10(2)5-13(12)14(16)6-9/h6,9-13H,4-5,7-8H2,1-3H3,(H,17,18). The second-order valence-corrected chi connectivity index (χ2v) is 7.16. The van der Waals surface area contributed by atoms with Crippen LogP contribution in [-0.4, -0.2) is 11.1 Å². The van der Waals surface area contributed by atoms with Gasteiger partial charge in [0.15, 0.2) is 0 Å². The van der Waals surface area contributed by atoms with E-state index in [0.717, 1.165) is 18.8 Å². The summed E-state index contributed by atoms with van der Waals surface area (Å²) < 4.78 is 0. The van der Waals surface area contributed by atoms with Crippen LogP contribution in [0, 0.1) is 35.0 Å². The molecule has 3 aliphatic rings. The third kappa shape index (κ3) is 1.44. The van der Waals surface area contributed by atoms with Gasteiger partial charge in [0.25, 0.3) is 0 Å². The summed E-state index contributed by atoms with van der Waals surface area (Å²) in [7, 11) is 0. The van der Waals surface area contributed by atoms with Gasteiger partial charge in [0, 0.05) is 0 Å². The van der Waals surface area contributed by atoms with Crippen LogP contribution in [-0.2, 0) is 4.79 Å². The van der Waals surface area contributed by atoms with Gasteiger partial charge in [0.1, 0.15) is 0 Å². The van der Waals surface area contributed by atoms with Gasteiger partial charge < -0.3 is 5.11 Å². The average Bonchev–Trinajstić information content (AvgIpc) is 2.26. The van der Waals surface area contributed by atoms with Crippen molar-refractivity contribution in [3.8, 4) is 0 Å². The number of allylic oxidation sites excluding steroid dienone is 1. The van der Waals surface area contributed by atoms with Crippen LogP contribution >= 0.6 is 0 Å². The topological polar surface area (TPSA) is 37.3 Å². The minimum Gasteiger partial charge on any atom is -0.481 e. The Hall–Kier alpha value is -0.790. The number of carboxylic acids is 1. The molecule has 0 amide bonds. The number of carbonyl (C=O) groups is 1. The van der Waals surface area contributed by atoms with Gasteiger partial charge in [-0.1, -0.05) is 32.4 Å². The second-order valence-electron chi connectivity index (χ2n) is 7.16. The summed E-state index contributed by atoms with van der Waals surface area (Å²) in [6, 6.07) is 0. The van der Waals surface area contributed by atoms with Crippen molar-refractivity contribution in [2.45, 2.75) is 46.5 Å². The lowest BCUT2D eigenvalue weighted by Crippen LogP contribution is -2.53. The van der Waals surface area contributed by atoms with Crippen molar-refractivity contribution in [2.24, 2.45) is 35.0 Å². The Bertz CT molecular complexity index is 411. The highest BCUT2D eigenvalue weighted by atomic mass is 16.4. The fourth-order valence-electron chi connectivity index (χ4n) is 5.20. The molecule has 1 N–H and O–H groups in total. The molecule has 0 radical (unpaired) electrons. The highest BCUT2D eigenvalue weighted by Gasteiger charge is 2.58. The molecule has 0 aromatic carbocycles. The summed E-state index contributed by atoms with van der Waals surface area (Å²) in [5, 5.41) is 9.89. The summed E-state index contributed by atoms with van der Waals surface area (Å²) in [5.74, 6) is 2.17. The Morgan fingerprint density at radius 1 is 1.28 bits per heavy atom. The maximum atomic E-state index is 12.0. The fraction of sp³-hybridized carbons (Fsp3) is 0.812. The maximum absolute atomic E-state index is 12.0. The van der Waals surface area contributed by atoms with Crippen LogP contribution in [0.4, 0.5) is 0 Å². The molecule has 0 saturated heterocycles. The molecule has 0 spiro atoms. The molecule has 2 heteroatoms. The first-order valence-electron chi connectivity index (χ1n) is 7.40. The Morgan fingerprint density at radius 2 is 2.00 bits per heavy atom. The maximum Gasteiger partial charge on any atom is 0.314 e. The van der Waals surface area contributed by atoms with Crippen LogP contribution in [0.1, 0.15) is 46.5 Å². The molecule has 0 aromatic heterocycles. The van der Waals surface area contributed by atoms with Crippen molar-refractivity contribution in [3.63, 3.8) is 0 Å². The fourth-order valence-corrected chi connectivity index (χ4v) is 5.20. The zero-order valence-electron chi connectivity index (χ0n) is 11.6. The van der Waals surface area contributed by atoms with Gasteiger partial charge in [-0.05, 0) is 55.3 Å². The van der Waals surface area contributed by atoms with E-state index in [-0.39, 0.29) is 0 Å². The first-order chi connectivity index (χ1) is 8.45. The largest absolute Gasteiger partial charge is 0.481 e. The molecule has 3 rings (SSSR count). The predicted molar refractivity (Wildman–Crippen MR) is 71.1 cm³/mol. The van der Waals surface area contributed by atoms with Gasteiger partial charge >= 0.3 is 5.97 Å². The van der Waals surface area contributed by atoms with Crippen molar-refractivity contribution in [1.29, 1.82) is 0 Å². The highest BCUT2D eigenvalue weighted by Crippen LogP contribution is 2.62. The van der Waals surface area contributed by atoms with Gasteiger partial charge in [-0.3, -0.25) is 4.79 Å². The lowest BCUT2D eigenvalue weighted by atomic mass is 9.47. The van der Waals surface area contributed by atoms with Crippen LogP contribution in [0.5, 0.6) is 0 Å². The van der Waals surface area contributed by atoms with E-state index in [4.69, 9.17) is 0 Å². The Kier molecular flexibility index (Phi) is 2.62. The molecule has 18 heavy (non-hydrogen) atoms. The van der Waals surface area contributed by atoms with E-state index in [0.29, 0.717) is 23.7 Å². The third-order valence-electron chi connectivity index (χ3n) is 5.83. The molecule has 3 aliphatic carbocycles. The van der Waals surface area contributed by atoms with Crippen LogP contribution in [0.2, 0.25) is 0 Å². The predicted octanol–water partition coefficient (Wildman–Crippen LogP) is 3.73. The lowest BCUT2D eigenvalue weighted by molar-refractivity contribution is -0.156. The monoisotopic (exact) mass is 248 g/mol. The number of rotatable bonds is 1. The smallest absolute Gasteiger partial charge is 0.314 e. The van der Waals surface area contributed by atoms with E-state index >= 15 is 0 Å². The molecule has 6 atom stereocenters. The summed E-state index contributed by atoms with van der Waals surface area (Å²) in [6.45, 7) is 6.65. The summed E-state index contributed by atoms with van der Waals surface area (Å²) >= 11 is 0. The first-order valence-corrected chi connectivity index (χ1v) is 7.40. The first kappa shape index (κ1) is 12.3. The van der Waals surface area contributed by atoms with E-state index in [1.54, 1.807) is 0 Å². The van der Waals surface area contributed by atoms with E-state index in [1.807, 2.05) is 0 Å². The highest BCUT2D eigenvalue weighted by molar-refractivity contribution is 5.80. The minimum absolute atomic E-state index is 0.303. The van der Waals surface area contributed by atoms with Gasteiger partial charge in [-0.25, -0.2) is 0 Å². The zero-order chi connectivity index (χ0) is 13.1. The Labute approximate surface area is 109 Å². The summed E-state index contributed by atoms with van der Waals surface area (Å²) in [5.41, 5.74) is 0.767. The molecule has 6 unspecified atom stereocenters. The molecule has 4 bridgehead atoms. The molecular formula is C16H24O2. The second kappa shape index (κ2) is 3.85. The Morgan fingerprint density at radius 3 is 2.67 bits per heavy atom. The van der Waals surface area contributed by atoms with Crippen LogP contribution in [0.3, 0.4) is 0 Å². The minimum atomic E-state index is -0.564. The molecular weight excluding hydrogens is 224 g/mol. The number of carboxylic acid groups (broad SMARTS) is 1. The van der Waals surface area contributed by atoms with E-state index in [2.05, 4.69) is 26.8 Å². The van der Waals surface area contributed by atoms with Gasteiger partial charge in [-0.15, -0.1) is 0 Å². The van der Waals surface area contributed by atoms with Gasteiger partial charge in [0.2, 0.25) is 0 Å². The number of aliphatic carboxylic acids is 1. The van der Waals surface area contributed by atoms with Crippen molar-refractivity contribution < 1.29 is 9.90 Å². The van der Waals surface area contributed by atoms with Crippen molar-refractivity contribution in [2.75, 3.05) is 0 Å².